The summed E-state index contributed by atoms with van der Waals surface area (Å²) in [6.07, 6.45) is 3.50. The lowest BCUT2D eigenvalue weighted by atomic mass is 9.87. The highest BCUT2D eigenvalue weighted by Crippen LogP contribution is 2.46. The molecule has 172 valence electrons. The van der Waals surface area contributed by atoms with Crippen LogP contribution in [0.3, 0.4) is 0 Å². The van der Waals surface area contributed by atoms with Crippen molar-refractivity contribution in [2.75, 3.05) is 12.0 Å². The minimum atomic E-state index is -0.526. The summed E-state index contributed by atoms with van der Waals surface area (Å²) < 4.78 is 12.6. The van der Waals surface area contributed by atoms with Crippen LogP contribution in [0.1, 0.15) is 22.6 Å². The van der Waals surface area contributed by atoms with Gasteiger partial charge in [-0.2, -0.15) is 0 Å². The van der Waals surface area contributed by atoms with E-state index in [1.54, 1.807) is 24.4 Å². The molecule has 0 saturated carbocycles. The number of para-hydroxylation sites is 3. The van der Waals surface area contributed by atoms with E-state index < -0.39 is 5.92 Å². The number of nitrogens with zero attached hydrogens (tertiary/aromatic N) is 3. The molecular weight excluding hydrogens is 458 g/mol. The van der Waals surface area contributed by atoms with Crippen molar-refractivity contribution >= 4 is 32.6 Å². The first-order valence-electron chi connectivity index (χ1n) is 11.2. The van der Waals surface area contributed by atoms with Crippen LogP contribution in [0, 0.1) is 0 Å². The number of benzene rings is 3. The van der Waals surface area contributed by atoms with Gasteiger partial charge < -0.3 is 9.47 Å². The largest absolute Gasteiger partial charge is 0.494 e. The summed E-state index contributed by atoms with van der Waals surface area (Å²) in [4.78, 5) is 25.3. The highest BCUT2D eigenvalue weighted by molar-refractivity contribution is 7.22. The van der Waals surface area contributed by atoms with Gasteiger partial charge in [-0.15, -0.1) is 0 Å². The summed E-state index contributed by atoms with van der Waals surface area (Å²) in [6.45, 7) is 0.344. The van der Waals surface area contributed by atoms with Gasteiger partial charge in [0.25, 0.3) is 0 Å². The van der Waals surface area contributed by atoms with Crippen molar-refractivity contribution in [1.29, 1.82) is 0 Å². The Kier molecular flexibility index (Phi) is 5.39. The molecule has 1 aliphatic rings. The summed E-state index contributed by atoms with van der Waals surface area (Å²) in [5, 5.41) is 0.611. The van der Waals surface area contributed by atoms with Crippen LogP contribution in [-0.2, 0) is 11.3 Å². The monoisotopic (exact) mass is 479 g/mol. The summed E-state index contributed by atoms with van der Waals surface area (Å²) in [7, 11) is 1.63. The third-order valence-corrected chi connectivity index (χ3v) is 7.12. The molecule has 0 N–H and O–H groups in total. The van der Waals surface area contributed by atoms with Crippen molar-refractivity contribution in [3.8, 4) is 17.2 Å². The first kappa shape index (κ1) is 21.3. The van der Waals surface area contributed by atoms with Crippen molar-refractivity contribution in [3.05, 3.63) is 108 Å². The van der Waals surface area contributed by atoms with Crippen LogP contribution >= 0.6 is 11.3 Å². The number of carbonyl (C=O) groups excluding carboxylic acids is 1. The second-order valence-electron chi connectivity index (χ2n) is 8.20. The maximum absolute atomic E-state index is 14.4. The number of anilines is 1. The number of rotatable bonds is 5. The van der Waals surface area contributed by atoms with Crippen LogP contribution in [0.4, 0.5) is 5.13 Å². The van der Waals surface area contributed by atoms with E-state index in [1.165, 1.54) is 11.3 Å². The van der Waals surface area contributed by atoms with Gasteiger partial charge in [-0.1, -0.05) is 59.9 Å². The lowest BCUT2D eigenvalue weighted by Crippen LogP contribution is -2.36. The first-order valence-corrected chi connectivity index (χ1v) is 12.0. The Balaban J connectivity index is 1.50. The number of ether oxygens (including phenoxy) is 2. The van der Waals surface area contributed by atoms with Gasteiger partial charge in [-0.3, -0.25) is 14.7 Å². The standard InChI is InChI=1S/C28H21N3O3S/c1-33-23-13-6-14-24-26(23)30-28(35-24)31(17-18-8-7-15-29-16-18)27(32)25-19-9-2-4-11-21(19)34-22-12-5-3-10-20(22)25/h2-16,25H,17H2,1H3. The van der Waals surface area contributed by atoms with Crippen LogP contribution in [0.25, 0.3) is 10.2 Å². The second kappa shape index (κ2) is 8.85. The molecule has 0 aliphatic carbocycles. The normalized spacial score (nSPS) is 12.5. The predicted octanol–water partition coefficient (Wildman–Crippen LogP) is 6.17. The van der Waals surface area contributed by atoms with Crippen LogP contribution in [0.5, 0.6) is 17.2 Å². The maximum atomic E-state index is 14.4. The molecule has 35 heavy (non-hydrogen) atoms. The van der Waals surface area contributed by atoms with Gasteiger partial charge in [-0.05, 0) is 35.9 Å². The molecule has 0 spiro atoms. The van der Waals surface area contributed by atoms with Gasteiger partial charge in [0.2, 0.25) is 5.91 Å². The number of thiazole rings is 1. The number of fused-ring (bicyclic) bond motifs is 3. The van der Waals surface area contributed by atoms with Crippen molar-refractivity contribution in [3.63, 3.8) is 0 Å². The molecular formula is C28H21N3O3S. The van der Waals surface area contributed by atoms with Crippen LogP contribution < -0.4 is 14.4 Å². The lowest BCUT2D eigenvalue weighted by molar-refractivity contribution is -0.119. The number of amides is 1. The molecule has 0 atom stereocenters. The molecule has 3 aromatic carbocycles. The number of pyridine rings is 1. The molecule has 1 aliphatic heterocycles. The molecule has 6 rings (SSSR count). The van der Waals surface area contributed by atoms with Gasteiger partial charge in [0.05, 0.1) is 24.3 Å². The van der Waals surface area contributed by atoms with Crippen LogP contribution in [0.15, 0.2) is 91.3 Å². The van der Waals surface area contributed by atoms with Crippen molar-refractivity contribution < 1.29 is 14.3 Å². The fourth-order valence-electron chi connectivity index (χ4n) is 4.44. The lowest BCUT2D eigenvalue weighted by Gasteiger charge is -2.31. The van der Waals surface area contributed by atoms with Gasteiger partial charge in [-0.25, -0.2) is 4.98 Å². The Morgan fingerprint density at radius 3 is 2.40 bits per heavy atom. The van der Waals surface area contributed by atoms with Gasteiger partial charge >= 0.3 is 0 Å². The average Bonchev–Trinajstić information content (AvgIpc) is 3.35. The van der Waals surface area contributed by atoms with Crippen molar-refractivity contribution in [2.24, 2.45) is 0 Å². The number of hydrogen-bond donors (Lipinski definition) is 0. The molecule has 5 aromatic rings. The second-order valence-corrected chi connectivity index (χ2v) is 9.21. The molecule has 0 unspecified atom stereocenters. The Bertz CT molecular complexity index is 1490. The molecule has 2 aromatic heterocycles. The molecule has 0 bridgehead atoms. The van der Waals surface area contributed by atoms with Gasteiger partial charge in [0.15, 0.2) is 5.13 Å². The summed E-state index contributed by atoms with van der Waals surface area (Å²) in [5.41, 5.74) is 3.34. The van der Waals surface area contributed by atoms with E-state index >= 15 is 0 Å². The molecule has 0 saturated heterocycles. The summed E-state index contributed by atoms with van der Waals surface area (Å²) in [6, 6.07) is 25.1. The summed E-state index contributed by atoms with van der Waals surface area (Å²) in [5.74, 6) is 1.46. The van der Waals surface area contributed by atoms with E-state index in [4.69, 9.17) is 14.5 Å². The zero-order valence-electron chi connectivity index (χ0n) is 18.9. The zero-order valence-corrected chi connectivity index (χ0v) is 19.7. The van der Waals surface area contributed by atoms with Gasteiger partial charge in [0.1, 0.15) is 22.8 Å². The third kappa shape index (κ3) is 3.80. The van der Waals surface area contributed by atoms with E-state index in [9.17, 15) is 4.79 Å². The van der Waals surface area contributed by atoms with E-state index in [-0.39, 0.29) is 5.91 Å². The first-order chi connectivity index (χ1) is 17.2. The Morgan fingerprint density at radius 2 is 1.71 bits per heavy atom. The Morgan fingerprint density at radius 1 is 0.971 bits per heavy atom. The van der Waals surface area contributed by atoms with E-state index in [0.29, 0.717) is 28.9 Å². The molecule has 1 amide bonds. The summed E-state index contributed by atoms with van der Waals surface area (Å²) >= 11 is 1.47. The molecule has 6 nitrogen and oxygen atoms in total. The number of methoxy groups -OCH3 is 1. The van der Waals surface area contributed by atoms with Crippen molar-refractivity contribution in [2.45, 2.75) is 12.5 Å². The number of carbonyl (C=O) groups is 1. The van der Waals surface area contributed by atoms with Crippen LogP contribution in [0.2, 0.25) is 0 Å². The number of aromatic nitrogens is 2. The Labute approximate surface area is 206 Å². The van der Waals surface area contributed by atoms with E-state index in [0.717, 1.165) is 26.9 Å². The molecule has 0 radical (unpaired) electrons. The smallest absolute Gasteiger partial charge is 0.241 e. The van der Waals surface area contributed by atoms with E-state index in [1.807, 2.05) is 78.9 Å². The highest BCUT2D eigenvalue weighted by Gasteiger charge is 2.36. The SMILES string of the molecule is COc1cccc2sc(N(Cc3cccnc3)C(=O)C3c4ccccc4Oc4ccccc43)nc12. The Hall–Kier alpha value is -4.23. The van der Waals surface area contributed by atoms with E-state index in [2.05, 4.69) is 4.98 Å². The highest BCUT2D eigenvalue weighted by atomic mass is 32.1. The quantitative estimate of drug-likeness (QED) is 0.302. The predicted molar refractivity (Wildman–Crippen MR) is 136 cm³/mol. The maximum Gasteiger partial charge on any atom is 0.241 e. The molecule has 0 fully saturated rings. The minimum absolute atomic E-state index is 0.0740. The molecule has 7 heteroatoms. The van der Waals surface area contributed by atoms with Crippen LogP contribution in [-0.4, -0.2) is 23.0 Å². The third-order valence-electron chi connectivity index (χ3n) is 6.08. The van der Waals surface area contributed by atoms with Crippen molar-refractivity contribution in [1.82, 2.24) is 9.97 Å². The fourth-order valence-corrected chi connectivity index (χ4v) is 5.43. The zero-order chi connectivity index (χ0) is 23.8. The minimum Gasteiger partial charge on any atom is -0.494 e. The number of hydrogen-bond acceptors (Lipinski definition) is 6. The fraction of sp³-hybridized carbons (Fsp3) is 0.107. The van der Waals surface area contributed by atoms with Gasteiger partial charge in [0, 0.05) is 23.5 Å². The topological polar surface area (TPSA) is 64.5 Å². The average molecular weight is 480 g/mol. The molecule has 3 heterocycles.